The standard InChI is InChI=1S/C13H15N3O4S/c1-8-4-9(2)12(10(5-8)13(17)18)15-21(19,20)11-6-16(3)7-14-11/h4-7,15H,1-3H3,(H,17,18). The molecule has 0 spiro atoms. The van der Waals surface area contributed by atoms with Crippen molar-refractivity contribution in [1.82, 2.24) is 9.55 Å². The van der Waals surface area contributed by atoms with Crippen LogP contribution in [0.1, 0.15) is 21.5 Å². The largest absolute Gasteiger partial charge is 0.478 e. The Kier molecular flexibility index (Phi) is 3.73. The number of hydrogen-bond donors (Lipinski definition) is 2. The van der Waals surface area contributed by atoms with Crippen molar-refractivity contribution in [3.63, 3.8) is 0 Å². The van der Waals surface area contributed by atoms with Crippen LogP contribution in [-0.2, 0) is 17.1 Å². The van der Waals surface area contributed by atoms with Crippen molar-refractivity contribution in [2.75, 3.05) is 4.72 Å². The fourth-order valence-electron chi connectivity index (χ4n) is 1.99. The van der Waals surface area contributed by atoms with Gasteiger partial charge in [0.05, 0.1) is 17.6 Å². The van der Waals surface area contributed by atoms with Gasteiger partial charge < -0.3 is 9.67 Å². The zero-order valence-corrected chi connectivity index (χ0v) is 12.6. The van der Waals surface area contributed by atoms with Crippen LogP contribution in [0.5, 0.6) is 0 Å². The summed E-state index contributed by atoms with van der Waals surface area (Å²) in [6.07, 6.45) is 2.70. The number of nitrogens with one attached hydrogen (secondary N) is 1. The van der Waals surface area contributed by atoms with Gasteiger partial charge in [0.1, 0.15) is 0 Å². The summed E-state index contributed by atoms with van der Waals surface area (Å²) in [6, 6.07) is 3.13. The van der Waals surface area contributed by atoms with Crippen LogP contribution in [0.25, 0.3) is 0 Å². The second-order valence-electron chi connectivity index (χ2n) is 4.79. The van der Waals surface area contributed by atoms with Gasteiger partial charge in [-0.05, 0) is 31.0 Å². The van der Waals surface area contributed by atoms with Gasteiger partial charge in [0, 0.05) is 13.2 Å². The molecule has 0 atom stereocenters. The van der Waals surface area contributed by atoms with E-state index in [0.717, 1.165) is 5.56 Å². The number of imidazole rings is 1. The Labute approximate surface area is 122 Å². The Morgan fingerprint density at radius 2 is 2.00 bits per heavy atom. The number of aromatic nitrogens is 2. The SMILES string of the molecule is Cc1cc(C)c(NS(=O)(=O)c2cn(C)cn2)c(C(=O)O)c1. The van der Waals surface area contributed by atoms with Crippen molar-refractivity contribution < 1.29 is 18.3 Å². The van der Waals surface area contributed by atoms with Gasteiger partial charge in [0.15, 0.2) is 5.03 Å². The van der Waals surface area contributed by atoms with E-state index in [9.17, 15) is 18.3 Å². The lowest BCUT2D eigenvalue weighted by atomic mass is 10.0. The Morgan fingerprint density at radius 3 is 2.52 bits per heavy atom. The number of carbonyl (C=O) groups is 1. The topological polar surface area (TPSA) is 101 Å². The number of anilines is 1. The van der Waals surface area contributed by atoms with Gasteiger partial charge in [-0.15, -0.1) is 0 Å². The molecule has 0 radical (unpaired) electrons. The van der Waals surface area contributed by atoms with E-state index in [2.05, 4.69) is 9.71 Å². The lowest BCUT2D eigenvalue weighted by Crippen LogP contribution is -2.17. The summed E-state index contributed by atoms with van der Waals surface area (Å²) in [6.45, 7) is 3.40. The Balaban J connectivity index is 2.51. The van der Waals surface area contributed by atoms with Crippen molar-refractivity contribution in [3.05, 3.63) is 41.3 Å². The Bertz CT molecular complexity index is 809. The zero-order valence-electron chi connectivity index (χ0n) is 11.8. The first-order chi connectivity index (χ1) is 9.70. The van der Waals surface area contributed by atoms with Gasteiger partial charge in [-0.25, -0.2) is 9.78 Å². The van der Waals surface area contributed by atoms with Gasteiger partial charge in [-0.2, -0.15) is 8.42 Å². The normalized spacial score (nSPS) is 11.4. The molecule has 0 aliphatic carbocycles. The molecular formula is C13H15N3O4S. The van der Waals surface area contributed by atoms with E-state index in [1.54, 1.807) is 27.0 Å². The first-order valence-electron chi connectivity index (χ1n) is 6.06. The third-order valence-corrected chi connectivity index (χ3v) is 4.14. The van der Waals surface area contributed by atoms with Crippen LogP contribution >= 0.6 is 0 Å². The molecule has 0 amide bonds. The van der Waals surface area contributed by atoms with Crippen molar-refractivity contribution in [1.29, 1.82) is 0 Å². The molecule has 0 saturated heterocycles. The number of aryl methyl sites for hydroxylation is 3. The summed E-state index contributed by atoms with van der Waals surface area (Å²) in [7, 11) is -2.28. The second kappa shape index (κ2) is 5.21. The van der Waals surface area contributed by atoms with Crippen LogP contribution < -0.4 is 4.72 Å². The molecule has 0 fully saturated rings. The second-order valence-corrected chi connectivity index (χ2v) is 6.42. The molecule has 8 heteroatoms. The smallest absolute Gasteiger partial charge is 0.337 e. The minimum absolute atomic E-state index is 0.0544. The van der Waals surface area contributed by atoms with Crippen LogP contribution in [0.15, 0.2) is 29.7 Å². The van der Waals surface area contributed by atoms with Gasteiger partial charge in [0.25, 0.3) is 10.0 Å². The summed E-state index contributed by atoms with van der Waals surface area (Å²) in [4.78, 5) is 15.1. The lowest BCUT2D eigenvalue weighted by Gasteiger charge is -2.13. The first-order valence-corrected chi connectivity index (χ1v) is 7.54. The van der Waals surface area contributed by atoms with E-state index >= 15 is 0 Å². The lowest BCUT2D eigenvalue weighted by molar-refractivity contribution is 0.0698. The predicted molar refractivity (Wildman–Crippen MR) is 76.9 cm³/mol. The number of carboxylic acid groups (broad SMARTS) is 1. The summed E-state index contributed by atoms with van der Waals surface area (Å²) in [5.41, 5.74) is 1.24. The molecule has 1 heterocycles. The van der Waals surface area contributed by atoms with Gasteiger partial charge >= 0.3 is 5.97 Å². The van der Waals surface area contributed by atoms with E-state index < -0.39 is 16.0 Å². The van der Waals surface area contributed by atoms with Gasteiger partial charge in [0.2, 0.25) is 0 Å². The average Bonchev–Trinajstić information content (AvgIpc) is 2.79. The quantitative estimate of drug-likeness (QED) is 0.892. The molecule has 2 N–H and O–H groups in total. The van der Waals surface area contributed by atoms with Crippen LogP contribution in [-0.4, -0.2) is 29.0 Å². The van der Waals surface area contributed by atoms with Crippen LogP contribution in [0, 0.1) is 13.8 Å². The Morgan fingerprint density at radius 1 is 1.33 bits per heavy atom. The summed E-state index contributed by atoms with van der Waals surface area (Å²) in [5.74, 6) is -1.19. The maximum absolute atomic E-state index is 12.2. The fourth-order valence-corrected chi connectivity index (χ4v) is 3.12. The molecular weight excluding hydrogens is 294 g/mol. The minimum atomic E-state index is -3.93. The first kappa shape index (κ1) is 15.0. The monoisotopic (exact) mass is 309 g/mol. The Hall–Kier alpha value is -2.35. The summed E-state index contributed by atoms with van der Waals surface area (Å²) < 4.78 is 28.3. The molecule has 7 nitrogen and oxygen atoms in total. The molecule has 1 aromatic carbocycles. The van der Waals surface area contributed by atoms with Crippen LogP contribution in [0.2, 0.25) is 0 Å². The van der Waals surface area contributed by atoms with Crippen molar-refractivity contribution in [2.45, 2.75) is 18.9 Å². The van der Waals surface area contributed by atoms with Crippen LogP contribution in [0.4, 0.5) is 5.69 Å². The van der Waals surface area contributed by atoms with E-state index in [4.69, 9.17) is 0 Å². The molecule has 112 valence electrons. The molecule has 1 aromatic heterocycles. The molecule has 0 aliphatic heterocycles. The number of carboxylic acids is 1. The highest BCUT2D eigenvalue weighted by atomic mass is 32.2. The molecule has 2 rings (SSSR count). The number of sulfonamides is 1. The van der Waals surface area contributed by atoms with Crippen LogP contribution in [0.3, 0.4) is 0 Å². The van der Waals surface area contributed by atoms with E-state index in [0.29, 0.717) is 5.56 Å². The van der Waals surface area contributed by atoms with E-state index in [1.165, 1.54) is 23.2 Å². The highest BCUT2D eigenvalue weighted by Crippen LogP contribution is 2.25. The van der Waals surface area contributed by atoms with E-state index in [1.807, 2.05) is 0 Å². The van der Waals surface area contributed by atoms with Crippen molar-refractivity contribution in [3.8, 4) is 0 Å². The molecule has 0 saturated carbocycles. The molecule has 0 unspecified atom stereocenters. The highest BCUT2D eigenvalue weighted by Gasteiger charge is 2.22. The summed E-state index contributed by atoms with van der Waals surface area (Å²) in [5, 5.41) is 9.07. The van der Waals surface area contributed by atoms with E-state index in [-0.39, 0.29) is 16.3 Å². The number of nitrogens with zero attached hydrogens (tertiary/aromatic N) is 2. The fraction of sp³-hybridized carbons (Fsp3) is 0.231. The number of rotatable bonds is 4. The van der Waals surface area contributed by atoms with Crippen molar-refractivity contribution >= 4 is 21.7 Å². The maximum Gasteiger partial charge on any atom is 0.337 e. The molecule has 0 bridgehead atoms. The third-order valence-electron chi connectivity index (χ3n) is 2.90. The number of aromatic carboxylic acids is 1. The molecule has 2 aromatic rings. The highest BCUT2D eigenvalue weighted by molar-refractivity contribution is 7.92. The molecule has 21 heavy (non-hydrogen) atoms. The summed E-state index contributed by atoms with van der Waals surface area (Å²) >= 11 is 0. The maximum atomic E-state index is 12.2. The molecule has 0 aliphatic rings. The average molecular weight is 309 g/mol. The zero-order chi connectivity index (χ0) is 15.8. The number of hydrogen-bond acceptors (Lipinski definition) is 4. The third kappa shape index (κ3) is 3.05. The van der Waals surface area contributed by atoms with Crippen molar-refractivity contribution in [2.24, 2.45) is 7.05 Å². The minimum Gasteiger partial charge on any atom is -0.478 e. The predicted octanol–water partition coefficient (Wildman–Crippen LogP) is 1.54. The van der Waals surface area contributed by atoms with Gasteiger partial charge in [-0.1, -0.05) is 6.07 Å². The number of benzene rings is 1. The van der Waals surface area contributed by atoms with Gasteiger partial charge in [-0.3, -0.25) is 4.72 Å².